The monoisotopic (exact) mass is 330 g/mol. The van der Waals surface area contributed by atoms with Crippen LogP contribution < -0.4 is 5.32 Å². The molecular formula is C12H15IN2O. The summed E-state index contributed by atoms with van der Waals surface area (Å²) >= 11 is 2.34. The van der Waals surface area contributed by atoms with E-state index in [0.717, 1.165) is 19.4 Å². The van der Waals surface area contributed by atoms with Crippen LogP contribution in [0.2, 0.25) is 0 Å². The van der Waals surface area contributed by atoms with Crippen molar-refractivity contribution in [2.45, 2.75) is 18.9 Å². The molecule has 0 aliphatic carbocycles. The van der Waals surface area contributed by atoms with E-state index in [4.69, 9.17) is 0 Å². The van der Waals surface area contributed by atoms with Crippen molar-refractivity contribution in [2.24, 2.45) is 0 Å². The van der Waals surface area contributed by atoms with E-state index in [1.54, 1.807) is 7.05 Å². The first-order valence-electron chi connectivity index (χ1n) is 5.47. The Bertz CT molecular complexity index is 394. The predicted molar refractivity (Wildman–Crippen MR) is 72.3 cm³/mol. The number of nitrogens with one attached hydrogen (secondary N) is 1. The highest BCUT2D eigenvalue weighted by Gasteiger charge is 2.30. The van der Waals surface area contributed by atoms with Gasteiger partial charge in [-0.1, -0.05) is 18.2 Å². The lowest BCUT2D eigenvalue weighted by molar-refractivity contribution is 0.195. The Morgan fingerprint density at radius 1 is 1.50 bits per heavy atom. The van der Waals surface area contributed by atoms with Crippen molar-refractivity contribution in [2.75, 3.05) is 13.6 Å². The summed E-state index contributed by atoms with van der Waals surface area (Å²) in [5.74, 6) is 0. The van der Waals surface area contributed by atoms with Gasteiger partial charge in [0, 0.05) is 17.2 Å². The van der Waals surface area contributed by atoms with E-state index in [0.29, 0.717) is 0 Å². The van der Waals surface area contributed by atoms with E-state index in [1.165, 1.54) is 9.13 Å². The summed E-state index contributed by atoms with van der Waals surface area (Å²) in [5.41, 5.74) is 1.27. The molecule has 0 bridgehead atoms. The van der Waals surface area contributed by atoms with Gasteiger partial charge in [-0.05, 0) is 47.1 Å². The first-order valence-corrected chi connectivity index (χ1v) is 6.54. The molecule has 1 N–H and O–H groups in total. The summed E-state index contributed by atoms with van der Waals surface area (Å²) in [5, 5.41) is 2.71. The summed E-state index contributed by atoms with van der Waals surface area (Å²) < 4.78 is 1.24. The van der Waals surface area contributed by atoms with Gasteiger partial charge < -0.3 is 10.2 Å². The zero-order chi connectivity index (χ0) is 11.5. The summed E-state index contributed by atoms with van der Waals surface area (Å²) in [4.78, 5) is 13.6. The third-order valence-electron chi connectivity index (χ3n) is 2.99. The van der Waals surface area contributed by atoms with Gasteiger partial charge in [-0.15, -0.1) is 0 Å². The minimum atomic E-state index is 0.0298. The predicted octanol–water partition coefficient (Wildman–Crippen LogP) is 2.77. The highest BCUT2D eigenvalue weighted by Crippen LogP contribution is 2.34. The van der Waals surface area contributed by atoms with Gasteiger partial charge in [0.15, 0.2) is 0 Å². The van der Waals surface area contributed by atoms with Gasteiger partial charge in [0.1, 0.15) is 0 Å². The van der Waals surface area contributed by atoms with Crippen LogP contribution in [-0.2, 0) is 0 Å². The lowest BCUT2D eigenvalue weighted by Crippen LogP contribution is -2.37. The van der Waals surface area contributed by atoms with Crippen LogP contribution in [0.15, 0.2) is 24.3 Å². The molecule has 0 aromatic heterocycles. The smallest absolute Gasteiger partial charge is 0.317 e. The number of rotatable bonds is 1. The molecule has 0 radical (unpaired) electrons. The molecule has 0 unspecified atom stereocenters. The molecule has 1 atom stereocenters. The summed E-state index contributed by atoms with van der Waals surface area (Å²) in [6.07, 6.45) is 2.15. The Kier molecular flexibility index (Phi) is 3.68. The fourth-order valence-corrected chi connectivity index (χ4v) is 2.97. The normalized spacial score (nSPS) is 19.9. The Balaban J connectivity index is 2.27. The van der Waals surface area contributed by atoms with Gasteiger partial charge in [0.2, 0.25) is 0 Å². The fourth-order valence-electron chi connectivity index (χ4n) is 2.22. The number of carbonyl (C=O) groups is 1. The zero-order valence-corrected chi connectivity index (χ0v) is 11.4. The van der Waals surface area contributed by atoms with Gasteiger partial charge >= 0.3 is 6.03 Å². The fraction of sp³-hybridized carbons (Fsp3) is 0.417. The van der Waals surface area contributed by atoms with E-state index in [-0.39, 0.29) is 12.1 Å². The molecule has 1 heterocycles. The van der Waals surface area contributed by atoms with Crippen LogP contribution >= 0.6 is 22.6 Å². The molecular weight excluding hydrogens is 315 g/mol. The second-order valence-electron chi connectivity index (χ2n) is 3.93. The average molecular weight is 330 g/mol. The van der Waals surface area contributed by atoms with Crippen LogP contribution in [0.3, 0.4) is 0 Å². The highest BCUT2D eigenvalue weighted by atomic mass is 127. The van der Waals surface area contributed by atoms with Crippen molar-refractivity contribution in [3.05, 3.63) is 33.4 Å². The molecule has 1 saturated heterocycles. The number of amides is 2. The van der Waals surface area contributed by atoms with Crippen molar-refractivity contribution in [3.8, 4) is 0 Å². The highest BCUT2D eigenvalue weighted by molar-refractivity contribution is 14.1. The number of halogens is 1. The topological polar surface area (TPSA) is 32.3 Å². The molecule has 3 nitrogen and oxygen atoms in total. The van der Waals surface area contributed by atoms with Gasteiger partial charge in [0.25, 0.3) is 0 Å². The SMILES string of the molecule is CNC(=O)N1CCC[C@H]1c1ccccc1I. The van der Waals surface area contributed by atoms with Crippen LogP contribution in [0.25, 0.3) is 0 Å². The minimum Gasteiger partial charge on any atom is -0.341 e. The van der Waals surface area contributed by atoms with Crippen LogP contribution in [0.1, 0.15) is 24.4 Å². The van der Waals surface area contributed by atoms with E-state index in [9.17, 15) is 4.79 Å². The first kappa shape index (κ1) is 11.7. The average Bonchev–Trinajstić information content (AvgIpc) is 2.77. The second kappa shape index (κ2) is 5.03. The maximum atomic E-state index is 11.7. The number of benzene rings is 1. The molecule has 2 rings (SSSR count). The molecule has 1 aromatic carbocycles. The van der Waals surface area contributed by atoms with Crippen molar-refractivity contribution >= 4 is 28.6 Å². The third kappa shape index (κ3) is 2.16. The van der Waals surface area contributed by atoms with Gasteiger partial charge in [-0.3, -0.25) is 0 Å². The molecule has 1 aliphatic rings. The van der Waals surface area contributed by atoms with E-state index in [2.05, 4.69) is 40.0 Å². The molecule has 16 heavy (non-hydrogen) atoms. The number of nitrogens with zero attached hydrogens (tertiary/aromatic N) is 1. The molecule has 0 saturated carbocycles. The van der Waals surface area contributed by atoms with Crippen molar-refractivity contribution in [3.63, 3.8) is 0 Å². The summed E-state index contributed by atoms with van der Waals surface area (Å²) in [6.45, 7) is 0.856. The van der Waals surface area contributed by atoms with Gasteiger partial charge in [0.05, 0.1) is 6.04 Å². The van der Waals surface area contributed by atoms with Crippen LogP contribution in [0.4, 0.5) is 4.79 Å². The Labute approximate surface area is 109 Å². The number of urea groups is 1. The van der Waals surface area contributed by atoms with Crippen LogP contribution in [0.5, 0.6) is 0 Å². The zero-order valence-electron chi connectivity index (χ0n) is 9.24. The molecule has 1 aliphatic heterocycles. The molecule has 4 heteroatoms. The summed E-state index contributed by atoms with van der Waals surface area (Å²) in [6, 6.07) is 8.56. The van der Waals surface area contributed by atoms with Crippen molar-refractivity contribution in [1.82, 2.24) is 10.2 Å². The molecule has 0 spiro atoms. The van der Waals surface area contributed by atoms with E-state index in [1.807, 2.05) is 17.0 Å². The number of carbonyl (C=O) groups excluding carboxylic acids is 1. The van der Waals surface area contributed by atoms with Crippen molar-refractivity contribution in [1.29, 1.82) is 0 Å². The quantitative estimate of drug-likeness (QED) is 0.789. The van der Waals surface area contributed by atoms with Crippen molar-refractivity contribution < 1.29 is 4.79 Å². The minimum absolute atomic E-state index is 0.0298. The van der Waals surface area contributed by atoms with Crippen LogP contribution in [0, 0.1) is 3.57 Å². The standard InChI is InChI=1S/C12H15IN2O/c1-14-12(16)15-8-4-7-11(15)9-5-2-3-6-10(9)13/h2-3,5-6,11H,4,7-8H2,1H3,(H,14,16)/t11-/m0/s1. The Hall–Kier alpha value is -0.780. The number of likely N-dealkylation sites (tertiary alicyclic amines) is 1. The molecule has 86 valence electrons. The molecule has 2 amide bonds. The Morgan fingerprint density at radius 2 is 2.25 bits per heavy atom. The van der Waals surface area contributed by atoms with Crippen LogP contribution in [-0.4, -0.2) is 24.5 Å². The maximum absolute atomic E-state index is 11.7. The van der Waals surface area contributed by atoms with Gasteiger partial charge in [-0.25, -0.2) is 4.79 Å². The largest absolute Gasteiger partial charge is 0.341 e. The first-order chi connectivity index (χ1) is 7.74. The van der Waals surface area contributed by atoms with Gasteiger partial charge in [-0.2, -0.15) is 0 Å². The van der Waals surface area contributed by atoms with E-state index < -0.39 is 0 Å². The lowest BCUT2D eigenvalue weighted by atomic mass is 10.1. The second-order valence-corrected chi connectivity index (χ2v) is 5.09. The lowest BCUT2D eigenvalue weighted by Gasteiger charge is -2.25. The third-order valence-corrected chi connectivity index (χ3v) is 3.97. The maximum Gasteiger partial charge on any atom is 0.317 e. The van der Waals surface area contributed by atoms with E-state index >= 15 is 0 Å². The molecule has 1 aromatic rings. The summed E-state index contributed by atoms with van der Waals surface area (Å²) in [7, 11) is 1.69. The molecule has 1 fully saturated rings. The Morgan fingerprint density at radius 3 is 2.94 bits per heavy atom. The number of hydrogen-bond acceptors (Lipinski definition) is 1. The number of hydrogen-bond donors (Lipinski definition) is 1.